The van der Waals surface area contributed by atoms with Crippen molar-refractivity contribution >= 4 is 11.9 Å². The predicted molar refractivity (Wildman–Crippen MR) is 66.4 cm³/mol. The highest BCUT2D eigenvalue weighted by Crippen LogP contribution is 2.22. The number of amides is 1. The number of rotatable bonds is 2. The molecule has 0 bridgehead atoms. The maximum atomic E-state index is 12.2. The molecule has 1 aliphatic heterocycles. The zero-order chi connectivity index (χ0) is 14.0. The van der Waals surface area contributed by atoms with Gasteiger partial charge < -0.3 is 14.2 Å². The summed E-state index contributed by atoms with van der Waals surface area (Å²) in [6, 6.07) is 0.968. The minimum absolute atomic E-state index is 0.218. The maximum absolute atomic E-state index is 12.2. The summed E-state index contributed by atoms with van der Waals surface area (Å²) < 4.78 is 10.0. The fourth-order valence-electron chi connectivity index (χ4n) is 2.09. The van der Waals surface area contributed by atoms with Gasteiger partial charge in [0.2, 0.25) is 0 Å². The van der Waals surface area contributed by atoms with Crippen molar-refractivity contribution in [2.24, 2.45) is 0 Å². The quantitative estimate of drug-likeness (QED) is 0.760. The van der Waals surface area contributed by atoms with Crippen LogP contribution in [-0.4, -0.2) is 40.1 Å². The van der Waals surface area contributed by atoms with E-state index in [9.17, 15) is 9.59 Å². The van der Waals surface area contributed by atoms with Crippen LogP contribution in [0.3, 0.4) is 0 Å². The van der Waals surface area contributed by atoms with Gasteiger partial charge >= 0.3 is 5.97 Å². The highest BCUT2D eigenvalue weighted by Gasteiger charge is 2.37. The molecule has 19 heavy (non-hydrogen) atoms. The third kappa shape index (κ3) is 3.13. The second kappa shape index (κ2) is 5.03. The number of likely N-dealkylation sites (tertiary alicyclic amines) is 1. The lowest BCUT2D eigenvalue weighted by molar-refractivity contribution is -0.159. The van der Waals surface area contributed by atoms with Crippen LogP contribution in [0.5, 0.6) is 0 Å². The van der Waals surface area contributed by atoms with Gasteiger partial charge in [-0.2, -0.15) is 0 Å². The highest BCUT2D eigenvalue weighted by atomic mass is 16.6. The largest absolute Gasteiger partial charge is 0.458 e. The van der Waals surface area contributed by atoms with Gasteiger partial charge in [-0.05, 0) is 33.6 Å². The lowest BCUT2D eigenvalue weighted by Crippen LogP contribution is -2.43. The highest BCUT2D eigenvalue weighted by molar-refractivity contribution is 5.95. The van der Waals surface area contributed by atoms with Crippen molar-refractivity contribution in [3.05, 3.63) is 18.0 Å². The fourth-order valence-corrected chi connectivity index (χ4v) is 2.09. The molecule has 6 nitrogen and oxygen atoms in total. The molecule has 1 saturated heterocycles. The molecule has 2 heterocycles. The Morgan fingerprint density at radius 1 is 1.47 bits per heavy atom. The van der Waals surface area contributed by atoms with E-state index in [-0.39, 0.29) is 17.6 Å². The Kier molecular flexibility index (Phi) is 3.59. The summed E-state index contributed by atoms with van der Waals surface area (Å²) in [7, 11) is 0. The Hall–Kier alpha value is -1.85. The predicted octanol–water partition coefficient (Wildman–Crippen LogP) is 1.62. The molecule has 0 aromatic carbocycles. The van der Waals surface area contributed by atoms with Gasteiger partial charge in [0.05, 0.1) is 0 Å². The normalized spacial score (nSPS) is 19.5. The van der Waals surface area contributed by atoms with Crippen molar-refractivity contribution in [2.75, 3.05) is 6.54 Å². The number of nitrogens with zero attached hydrogens (tertiary/aromatic N) is 2. The second-order valence-electron chi connectivity index (χ2n) is 5.57. The summed E-state index contributed by atoms with van der Waals surface area (Å²) in [6.07, 6.45) is 2.75. The molecule has 1 aliphatic rings. The van der Waals surface area contributed by atoms with Gasteiger partial charge in [0.15, 0.2) is 5.69 Å². The minimum Gasteiger partial charge on any atom is -0.458 e. The van der Waals surface area contributed by atoms with Crippen LogP contribution in [0.2, 0.25) is 0 Å². The molecule has 2 rings (SSSR count). The van der Waals surface area contributed by atoms with Gasteiger partial charge in [-0.3, -0.25) is 4.79 Å². The molecule has 0 aliphatic carbocycles. The van der Waals surface area contributed by atoms with E-state index in [1.165, 1.54) is 17.2 Å². The van der Waals surface area contributed by atoms with E-state index < -0.39 is 11.6 Å². The summed E-state index contributed by atoms with van der Waals surface area (Å²) in [6.45, 7) is 5.96. The Morgan fingerprint density at radius 2 is 2.21 bits per heavy atom. The number of carbonyl (C=O) groups excluding carboxylic acids is 2. The molecule has 1 amide bonds. The van der Waals surface area contributed by atoms with Crippen LogP contribution in [0.1, 0.15) is 44.1 Å². The molecule has 1 fully saturated rings. The number of carbonyl (C=O) groups is 2. The van der Waals surface area contributed by atoms with E-state index in [1.54, 1.807) is 0 Å². The van der Waals surface area contributed by atoms with Crippen molar-refractivity contribution in [1.82, 2.24) is 10.1 Å². The van der Waals surface area contributed by atoms with Gasteiger partial charge in [0, 0.05) is 12.6 Å². The van der Waals surface area contributed by atoms with Crippen LogP contribution in [0.4, 0.5) is 0 Å². The lowest BCUT2D eigenvalue weighted by atomic mass is 10.1. The van der Waals surface area contributed by atoms with Crippen LogP contribution in [0, 0.1) is 0 Å². The van der Waals surface area contributed by atoms with Gasteiger partial charge in [-0.15, -0.1) is 0 Å². The van der Waals surface area contributed by atoms with E-state index in [0.29, 0.717) is 13.0 Å². The van der Waals surface area contributed by atoms with E-state index in [2.05, 4.69) is 9.68 Å². The Morgan fingerprint density at radius 3 is 2.79 bits per heavy atom. The number of hydrogen-bond acceptors (Lipinski definition) is 5. The summed E-state index contributed by atoms with van der Waals surface area (Å²) in [5, 5.41) is 3.61. The molecule has 0 unspecified atom stereocenters. The van der Waals surface area contributed by atoms with E-state index in [1.807, 2.05) is 20.8 Å². The molecule has 1 atom stereocenters. The number of ether oxygens (including phenoxy) is 1. The van der Waals surface area contributed by atoms with E-state index >= 15 is 0 Å². The SMILES string of the molecule is CC(C)(C)OC(=O)[C@H]1CCCN1C(=O)c1ccon1. The standard InChI is InChI=1S/C13H18N2O4/c1-13(2,3)19-12(17)10-5-4-7-15(10)11(16)9-6-8-18-14-9/h6,8,10H,4-5,7H2,1-3H3/t10-/m1/s1. The van der Waals surface area contributed by atoms with Gasteiger partial charge in [-0.25, -0.2) is 4.79 Å². The number of esters is 1. The fraction of sp³-hybridized carbons (Fsp3) is 0.615. The Labute approximate surface area is 111 Å². The first-order valence-electron chi connectivity index (χ1n) is 6.33. The molecule has 6 heteroatoms. The van der Waals surface area contributed by atoms with Crippen LogP contribution in [0.15, 0.2) is 16.9 Å². The zero-order valence-electron chi connectivity index (χ0n) is 11.4. The van der Waals surface area contributed by atoms with Crippen molar-refractivity contribution in [2.45, 2.75) is 45.3 Å². The molecule has 0 N–H and O–H groups in total. The summed E-state index contributed by atoms with van der Waals surface area (Å²) in [5.74, 6) is -0.649. The molecule has 0 radical (unpaired) electrons. The van der Waals surface area contributed by atoms with Gasteiger partial charge in [0.1, 0.15) is 17.9 Å². The minimum atomic E-state index is -0.553. The monoisotopic (exact) mass is 266 g/mol. The Bertz CT molecular complexity index is 461. The molecule has 0 saturated carbocycles. The smallest absolute Gasteiger partial charge is 0.329 e. The first-order valence-corrected chi connectivity index (χ1v) is 6.33. The summed E-state index contributed by atoms with van der Waals surface area (Å²) >= 11 is 0. The van der Waals surface area contributed by atoms with Crippen molar-refractivity contribution < 1.29 is 18.8 Å². The topological polar surface area (TPSA) is 72.6 Å². The van der Waals surface area contributed by atoms with E-state index in [4.69, 9.17) is 4.74 Å². The Balaban J connectivity index is 2.09. The van der Waals surface area contributed by atoms with Gasteiger partial charge in [0.25, 0.3) is 5.91 Å². The third-order valence-corrected chi connectivity index (χ3v) is 2.85. The van der Waals surface area contributed by atoms with Crippen LogP contribution < -0.4 is 0 Å². The maximum Gasteiger partial charge on any atom is 0.329 e. The first kappa shape index (κ1) is 13.6. The van der Waals surface area contributed by atoms with Crippen LogP contribution in [-0.2, 0) is 9.53 Å². The zero-order valence-corrected chi connectivity index (χ0v) is 11.4. The van der Waals surface area contributed by atoms with Crippen molar-refractivity contribution in [3.63, 3.8) is 0 Å². The third-order valence-electron chi connectivity index (χ3n) is 2.85. The lowest BCUT2D eigenvalue weighted by Gasteiger charge is -2.26. The molecule has 1 aromatic rings. The van der Waals surface area contributed by atoms with Crippen LogP contribution in [0.25, 0.3) is 0 Å². The first-order chi connectivity index (χ1) is 8.88. The van der Waals surface area contributed by atoms with Crippen molar-refractivity contribution in [3.8, 4) is 0 Å². The average Bonchev–Trinajstić information content (AvgIpc) is 2.97. The second-order valence-corrected chi connectivity index (χ2v) is 5.57. The summed E-state index contributed by atoms with van der Waals surface area (Å²) in [5.41, 5.74) is -0.335. The number of aromatic nitrogens is 1. The van der Waals surface area contributed by atoms with Gasteiger partial charge in [-0.1, -0.05) is 5.16 Å². The molecule has 104 valence electrons. The molecular weight excluding hydrogens is 248 g/mol. The molecular formula is C13H18N2O4. The van der Waals surface area contributed by atoms with E-state index in [0.717, 1.165) is 6.42 Å². The summed E-state index contributed by atoms with van der Waals surface area (Å²) in [4.78, 5) is 25.8. The molecule has 0 spiro atoms. The van der Waals surface area contributed by atoms with Crippen LogP contribution >= 0.6 is 0 Å². The number of hydrogen-bond donors (Lipinski definition) is 0. The average molecular weight is 266 g/mol. The van der Waals surface area contributed by atoms with Crippen molar-refractivity contribution in [1.29, 1.82) is 0 Å². The molecule has 1 aromatic heterocycles.